The summed E-state index contributed by atoms with van der Waals surface area (Å²) in [5.41, 5.74) is 1.60. The largest absolute Gasteiger partial charge is 0.491 e. The van der Waals surface area contributed by atoms with Crippen LogP contribution in [0.1, 0.15) is 43.6 Å². The van der Waals surface area contributed by atoms with Crippen molar-refractivity contribution in [2.24, 2.45) is 0 Å². The summed E-state index contributed by atoms with van der Waals surface area (Å²) in [5, 5.41) is 3.13. The van der Waals surface area contributed by atoms with Gasteiger partial charge in [0.2, 0.25) is 0 Å². The third kappa shape index (κ3) is 3.46. The highest BCUT2D eigenvalue weighted by Gasteiger charge is 2.52. The van der Waals surface area contributed by atoms with Gasteiger partial charge >= 0.3 is 7.12 Å². The Labute approximate surface area is 132 Å². The normalized spacial score (nSPS) is 20.2. The van der Waals surface area contributed by atoms with E-state index in [1.807, 2.05) is 40.8 Å². The van der Waals surface area contributed by atoms with Crippen molar-refractivity contribution < 1.29 is 14.1 Å². The third-order valence-corrected chi connectivity index (χ3v) is 4.21. The molecule has 1 aliphatic rings. The van der Waals surface area contributed by atoms with Gasteiger partial charge in [-0.15, -0.1) is 0 Å². The molecule has 0 radical (unpaired) electrons. The molecular weight excluding hydrogens is 279 g/mol. The first kappa shape index (κ1) is 16.9. The highest BCUT2D eigenvalue weighted by Crippen LogP contribution is 2.38. The van der Waals surface area contributed by atoms with E-state index in [9.17, 15) is 4.79 Å². The Morgan fingerprint density at radius 2 is 1.82 bits per heavy atom. The SMILES string of the molecule is CNCC(=Cc1cncc(C=O)c1)B1OC(C)(C)C(C)(C)O1. The monoisotopic (exact) mass is 302 g/mol. The molecule has 1 saturated heterocycles. The van der Waals surface area contributed by atoms with Crippen molar-refractivity contribution in [2.45, 2.75) is 38.9 Å². The second-order valence-corrected chi connectivity index (χ2v) is 6.51. The van der Waals surface area contributed by atoms with Gasteiger partial charge < -0.3 is 14.6 Å². The van der Waals surface area contributed by atoms with Gasteiger partial charge in [0.25, 0.3) is 0 Å². The number of hydrogen-bond donors (Lipinski definition) is 1. The van der Waals surface area contributed by atoms with Crippen LogP contribution in [0, 0.1) is 0 Å². The standard InChI is InChI=1S/C16H23BN2O3/c1-15(2)16(3,4)22-17(21-15)14(10-18-5)7-12-6-13(11-20)9-19-8-12/h6-9,11,18H,10H2,1-5H3. The van der Waals surface area contributed by atoms with Crippen molar-refractivity contribution in [3.63, 3.8) is 0 Å². The molecule has 1 N–H and O–H groups in total. The molecule has 0 aromatic carbocycles. The number of carbonyl (C=O) groups is 1. The van der Waals surface area contributed by atoms with Crippen LogP contribution in [0.15, 0.2) is 23.9 Å². The van der Waals surface area contributed by atoms with Gasteiger partial charge in [0.05, 0.1) is 11.2 Å². The number of nitrogens with zero attached hydrogens (tertiary/aromatic N) is 1. The van der Waals surface area contributed by atoms with Crippen LogP contribution in [0.3, 0.4) is 0 Å². The summed E-state index contributed by atoms with van der Waals surface area (Å²) in [6.07, 6.45) is 6.00. The number of carbonyl (C=O) groups excluding carboxylic acids is 1. The highest BCUT2D eigenvalue weighted by molar-refractivity contribution is 6.55. The molecule has 1 aromatic heterocycles. The first-order valence-electron chi connectivity index (χ1n) is 7.40. The molecule has 22 heavy (non-hydrogen) atoms. The van der Waals surface area contributed by atoms with Crippen LogP contribution in [-0.2, 0) is 9.31 Å². The van der Waals surface area contributed by atoms with Gasteiger partial charge in [-0.1, -0.05) is 6.08 Å². The number of aromatic nitrogens is 1. The lowest BCUT2D eigenvalue weighted by atomic mass is 9.77. The fraction of sp³-hybridized carbons (Fsp3) is 0.500. The Morgan fingerprint density at radius 1 is 1.23 bits per heavy atom. The summed E-state index contributed by atoms with van der Waals surface area (Å²) in [5.74, 6) is 0. The molecule has 0 unspecified atom stereocenters. The van der Waals surface area contributed by atoms with Crippen LogP contribution in [0.25, 0.3) is 6.08 Å². The first-order chi connectivity index (χ1) is 10.3. The highest BCUT2D eigenvalue weighted by atomic mass is 16.7. The smallest absolute Gasteiger partial charge is 0.400 e. The number of aldehydes is 1. The van der Waals surface area contributed by atoms with Crippen LogP contribution >= 0.6 is 0 Å². The Balaban J connectivity index is 2.30. The van der Waals surface area contributed by atoms with E-state index in [4.69, 9.17) is 9.31 Å². The van der Waals surface area contributed by atoms with Crippen LogP contribution in [-0.4, -0.2) is 43.2 Å². The molecule has 1 aliphatic heterocycles. The maximum Gasteiger partial charge on any atom is 0.491 e. The summed E-state index contributed by atoms with van der Waals surface area (Å²) >= 11 is 0. The van der Waals surface area contributed by atoms with Gasteiger partial charge in [-0.05, 0) is 51.8 Å². The van der Waals surface area contributed by atoms with Crippen molar-refractivity contribution in [2.75, 3.05) is 13.6 Å². The lowest BCUT2D eigenvalue weighted by Crippen LogP contribution is -2.41. The van der Waals surface area contributed by atoms with Crippen LogP contribution in [0.4, 0.5) is 0 Å². The molecule has 6 heteroatoms. The molecule has 1 fully saturated rings. The van der Waals surface area contributed by atoms with E-state index in [1.54, 1.807) is 12.3 Å². The number of nitrogens with one attached hydrogen (secondary N) is 1. The third-order valence-electron chi connectivity index (χ3n) is 4.21. The molecule has 0 bridgehead atoms. The molecule has 0 saturated carbocycles. The van der Waals surface area contributed by atoms with Crippen molar-refractivity contribution in [3.05, 3.63) is 35.1 Å². The first-order valence-corrected chi connectivity index (χ1v) is 7.40. The van der Waals surface area contributed by atoms with E-state index in [0.29, 0.717) is 12.1 Å². The van der Waals surface area contributed by atoms with E-state index >= 15 is 0 Å². The quantitative estimate of drug-likeness (QED) is 0.667. The van der Waals surface area contributed by atoms with Gasteiger partial charge in [-0.2, -0.15) is 0 Å². The summed E-state index contributed by atoms with van der Waals surface area (Å²) in [6, 6.07) is 1.79. The van der Waals surface area contributed by atoms with Gasteiger partial charge in [0, 0.05) is 24.5 Å². The van der Waals surface area contributed by atoms with Crippen molar-refractivity contribution in [1.29, 1.82) is 0 Å². The average Bonchev–Trinajstić information content (AvgIpc) is 2.67. The summed E-state index contributed by atoms with van der Waals surface area (Å²) in [7, 11) is 1.46. The molecule has 0 spiro atoms. The Hall–Kier alpha value is -1.50. The van der Waals surface area contributed by atoms with Crippen LogP contribution in [0.2, 0.25) is 0 Å². The summed E-state index contributed by atoms with van der Waals surface area (Å²) < 4.78 is 12.2. The minimum Gasteiger partial charge on any atom is -0.400 e. The number of pyridine rings is 1. The fourth-order valence-electron chi connectivity index (χ4n) is 2.23. The van der Waals surface area contributed by atoms with E-state index < -0.39 is 7.12 Å². The topological polar surface area (TPSA) is 60.5 Å². The second kappa shape index (κ2) is 6.32. The molecular formula is C16H23BN2O3. The van der Waals surface area contributed by atoms with Gasteiger partial charge in [0.1, 0.15) is 0 Å². The van der Waals surface area contributed by atoms with Gasteiger partial charge in [-0.25, -0.2) is 0 Å². The lowest BCUT2D eigenvalue weighted by molar-refractivity contribution is 0.00578. The van der Waals surface area contributed by atoms with Crippen molar-refractivity contribution in [1.82, 2.24) is 10.3 Å². The summed E-state index contributed by atoms with van der Waals surface area (Å²) in [6.45, 7) is 8.73. The molecule has 2 heterocycles. The predicted molar refractivity (Wildman–Crippen MR) is 87.6 cm³/mol. The van der Waals surface area contributed by atoms with E-state index in [2.05, 4.69) is 10.3 Å². The Bertz CT molecular complexity index is 569. The second-order valence-electron chi connectivity index (χ2n) is 6.51. The molecule has 5 nitrogen and oxygen atoms in total. The molecule has 118 valence electrons. The molecule has 2 rings (SSSR count). The zero-order chi connectivity index (χ0) is 16.4. The van der Waals surface area contributed by atoms with E-state index in [-0.39, 0.29) is 11.2 Å². The zero-order valence-electron chi connectivity index (χ0n) is 13.8. The fourth-order valence-corrected chi connectivity index (χ4v) is 2.23. The number of rotatable bonds is 5. The maximum atomic E-state index is 10.9. The zero-order valence-corrected chi connectivity index (χ0v) is 13.8. The Morgan fingerprint density at radius 3 is 2.36 bits per heavy atom. The van der Waals surface area contributed by atoms with Crippen LogP contribution in [0.5, 0.6) is 0 Å². The molecule has 1 aromatic rings. The Kier molecular flexibility index (Phi) is 4.85. The van der Waals surface area contributed by atoms with E-state index in [1.165, 1.54) is 6.20 Å². The average molecular weight is 302 g/mol. The minimum atomic E-state index is -0.419. The van der Waals surface area contributed by atoms with E-state index in [0.717, 1.165) is 17.3 Å². The van der Waals surface area contributed by atoms with Crippen LogP contribution < -0.4 is 5.32 Å². The van der Waals surface area contributed by atoms with Crippen molar-refractivity contribution >= 4 is 19.5 Å². The predicted octanol–water partition coefficient (Wildman–Crippen LogP) is 2.13. The molecule has 0 aliphatic carbocycles. The van der Waals surface area contributed by atoms with Crippen molar-refractivity contribution in [3.8, 4) is 0 Å². The number of hydrogen-bond acceptors (Lipinski definition) is 5. The molecule has 0 amide bonds. The lowest BCUT2D eigenvalue weighted by Gasteiger charge is -2.32. The summed E-state index contributed by atoms with van der Waals surface area (Å²) in [4.78, 5) is 14.9. The van der Waals surface area contributed by atoms with Gasteiger partial charge in [0.15, 0.2) is 6.29 Å². The van der Waals surface area contributed by atoms with Gasteiger partial charge in [-0.3, -0.25) is 9.78 Å². The molecule has 0 atom stereocenters. The number of likely N-dealkylation sites (N-methyl/N-ethyl adjacent to an activating group) is 1. The maximum absolute atomic E-state index is 10.9. The minimum absolute atomic E-state index is 0.382.